The topological polar surface area (TPSA) is 46.3 Å². The van der Waals surface area contributed by atoms with Crippen LogP contribution < -0.4 is 0 Å². The molecule has 16 heavy (non-hydrogen) atoms. The third-order valence-electron chi connectivity index (χ3n) is 3.23. The minimum atomic E-state index is 0.0585. The van der Waals surface area contributed by atoms with E-state index in [2.05, 4.69) is 17.0 Å². The van der Waals surface area contributed by atoms with E-state index in [-0.39, 0.29) is 11.7 Å². The molecule has 1 aliphatic heterocycles. The highest BCUT2D eigenvalue weighted by molar-refractivity contribution is 5.96. The monoisotopic (exact) mass is 222 g/mol. The minimum Gasteiger partial charge on any atom is -0.364 e. The maximum absolute atomic E-state index is 12.1. The smallest absolute Gasteiger partial charge is 0.189 e. The van der Waals surface area contributed by atoms with E-state index in [9.17, 15) is 4.79 Å². The minimum absolute atomic E-state index is 0.0585. The molecular formula is C12H18N2O2. The fraction of sp³-hybridized carbons (Fsp3) is 0.667. The Labute approximate surface area is 95.6 Å². The van der Waals surface area contributed by atoms with Gasteiger partial charge in [-0.15, -0.1) is 0 Å². The van der Waals surface area contributed by atoms with E-state index < -0.39 is 0 Å². The van der Waals surface area contributed by atoms with Crippen molar-refractivity contribution >= 4 is 5.78 Å². The molecule has 0 saturated carbocycles. The van der Waals surface area contributed by atoms with Gasteiger partial charge < -0.3 is 9.42 Å². The lowest BCUT2D eigenvalue weighted by Crippen LogP contribution is -2.31. The van der Waals surface area contributed by atoms with Gasteiger partial charge in [0.25, 0.3) is 0 Å². The standard InChI is InChI=1S/C12H18N2O2/c1-2-10(9-14-6-3-4-7-14)12(15)11-5-8-16-13-11/h5,8,10H,2-4,6-7,9H2,1H3. The van der Waals surface area contributed by atoms with Crippen molar-refractivity contribution < 1.29 is 9.32 Å². The van der Waals surface area contributed by atoms with Gasteiger partial charge in [-0.25, -0.2) is 0 Å². The summed E-state index contributed by atoms with van der Waals surface area (Å²) in [6.45, 7) is 5.17. The van der Waals surface area contributed by atoms with Crippen LogP contribution in [0.1, 0.15) is 36.7 Å². The fourth-order valence-electron chi connectivity index (χ4n) is 2.22. The van der Waals surface area contributed by atoms with Crippen LogP contribution in [0.3, 0.4) is 0 Å². The quantitative estimate of drug-likeness (QED) is 0.715. The summed E-state index contributed by atoms with van der Waals surface area (Å²) in [6, 6.07) is 1.65. The van der Waals surface area contributed by atoms with Gasteiger partial charge >= 0.3 is 0 Å². The maximum atomic E-state index is 12.1. The second-order valence-corrected chi connectivity index (χ2v) is 4.36. The lowest BCUT2D eigenvalue weighted by atomic mass is 9.98. The van der Waals surface area contributed by atoms with Crippen molar-refractivity contribution in [2.45, 2.75) is 26.2 Å². The van der Waals surface area contributed by atoms with Crippen molar-refractivity contribution in [2.24, 2.45) is 5.92 Å². The van der Waals surface area contributed by atoms with E-state index >= 15 is 0 Å². The molecule has 88 valence electrons. The van der Waals surface area contributed by atoms with Gasteiger partial charge in [0.05, 0.1) is 0 Å². The molecular weight excluding hydrogens is 204 g/mol. The summed E-state index contributed by atoms with van der Waals surface area (Å²) in [5.41, 5.74) is 0.464. The van der Waals surface area contributed by atoms with Gasteiger partial charge in [-0.3, -0.25) is 4.79 Å². The molecule has 0 amide bonds. The van der Waals surface area contributed by atoms with Crippen LogP contribution in [0.4, 0.5) is 0 Å². The molecule has 4 heteroatoms. The summed E-state index contributed by atoms with van der Waals surface area (Å²) >= 11 is 0. The Morgan fingerprint density at radius 1 is 1.56 bits per heavy atom. The number of nitrogens with zero attached hydrogens (tertiary/aromatic N) is 2. The van der Waals surface area contributed by atoms with Crippen molar-refractivity contribution in [2.75, 3.05) is 19.6 Å². The Morgan fingerprint density at radius 3 is 2.88 bits per heavy atom. The summed E-state index contributed by atoms with van der Waals surface area (Å²) in [7, 11) is 0. The molecule has 1 fully saturated rings. The maximum Gasteiger partial charge on any atom is 0.189 e. The molecule has 1 aromatic rings. The number of Topliss-reactive ketones (excluding diaryl/α,β-unsaturated/α-hetero) is 1. The molecule has 0 aliphatic carbocycles. The van der Waals surface area contributed by atoms with Crippen molar-refractivity contribution in [3.8, 4) is 0 Å². The summed E-state index contributed by atoms with van der Waals surface area (Å²) < 4.78 is 4.72. The molecule has 1 atom stereocenters. The first-order chi connectivity index (χ1) is 7.81. The molecule has 0 radical (unpaired) electrons. The van der Waals surface area contributed by atoms with Crippen LogP contribution in [-0.4, -0.2) is 35.5 Å². The molecule has 1 aliphatic rings. The normalized spacial score (nSPS) is 18.8. The Kier molecular flexibility index (Phi) is 3.72. The number of carbonyl (C=O) groups is 1. The summed E-state index contributed by atoms with van der Waals surface area (Å²) in [5, 5.41) is 3.72. The van der Waals surface area contributed by atoms with Crippen molar-refractivity contribution in [1.82, 2.24) is 10.1 Å². The zero-order valence-electron chi connectivity index (χ0n) is 9.69. The first-order valence-electron chi connectivity index (χ1n) is 5.98. The van der Waals surface area contributed by atoms with Gasteiger partial charge in [-0.05, 0) is 32.4 Å². The highest BCUT2D eigenvalue weighted by atomic mass is 16.5. The van der Waals surface area contributed by atoms with E-state index in [1.807, 2.05) is 0 Å². The lowest BCUT2D eigenvalue weighted by molar-refractivity contribution is 0.0876. The van der Waals surface area contributed by atoms with Crippen LogP contribution in [-0.2, 0) is 0 Å². The van der Waals surface area contributed by atoms with Crippen molar-refractivity contribution in [3.63, 3.8) is 0 Å². The molecule has 1 saturated heterocycles. The highest BCUT2D eigenvalue weighted by Crippen LogP contribution is 2.16. The number of ketones is 1. The van der Waals surface area contributed by atoms with Crippen LogP contribution in [0, 0.1) is 5.92 Å². The van der Waals surface area contributed by atoms with E-state index in [1.165, 1.54) is 19.1 Å². The van der Waals surface area contributed by atoms with Gasteiger partial charge in [-0.1, -0.05) is 12.1 Å². The van der Waals surface area contributed by atoms with Crippen LogP contribution in [0.5, 0.6) is 0 Å². The number of aromatic nitrogens is 1. The first-order valence-corrected chi connectivity index (χ1v) is 5.98. The molecule has 2 heterocycles. The molecule has 0 bridgehead atoms. The Hall–Kier alpha value is -1.16. The van der Waals surface area contributed by atoms with Crippen molar-refractivity contribution in [1.29, 1.82) is 0 Å². The van der Waals surface area contributed by atoms with E-state index in [1.54, 1.807) is 6.07 Å². The van der Waals surface area contributed by atoms with E-state index in [4.69, 9.17) is 4.52 Å². The number of hydrogen-bond acceptors (Lipinski definition) is 4. The van der Waals surface area contributed by atoms with Gasteiger partial charge in [0.1, 0.15) is 12.0 Å². The van der Waals surface area contributed by atoms with Crippen LogP contribution in [0.25, 0.3) is 0 Å². The zero-order valence-corrected chi connectivity index (χ0v) is 9.69. The van der Waals surface area contributed by atoms with Crippen LogP contribution >= 0.6 is 0 Å². The van der Waals surface area contributed by atoms with Gasteiger partial charge in [-0.2, -0.15) is 0 Å². The third kappa shape index (κ3) is 2.50. The molecule has 0 aromatic carbocycles. The summed E-state index contributed by atoms with van der Waals surface area (Å²) in [5.74, 6) is 0.173. The van der Waals surface area contributed by atoms with E-state index in [0.29, 0.717) is 5.69 Å². The molecule has 4 nitrogen and oxygen atoms in total. The first kappa shape index (κ1) is 11.3. The summed E-state index contributed by atoms with van der Waals surface area (Å²) in [6.07, 6.45) is 4.83. The second-order valence-electron chi connectivity index (χ2n) is 4.36. The number of rotatable bonds is 5. The predicted molar refractivity (Wildman–Crippen MR) is 60.3 cm³/mol. The highest BCUT2D eigenvalue weighted by Gasteiger charge is 2.24. The number of likely N-dealkylation sites (tertiary alicyclic amines) is 1. The lowest BCUT2D eigenvalue weighted by Gasteiger charge is -2.20. The predicted octanol–water partition coefficient (Wildman–Crippen LogP) is 1.98. The van der Waals surface area contributed by atoms with Gasteiger partial charge in [0.15, 0.2) is 5.78 Å². The number of hydrogen-bond donors (Lipinski definition) is 0. The zero-order chi connectivity index (χ0) is 11.4. The molecule has 2 rings (SSSR count). The van der Waals surface area contributed by atoms with Crippen LogP contribution in [0.2, 0.25) is 0 Å². The Bertz CT molecular complexity index is 329. The summed E-state index contributed by atoms with van der Waals surface area (Å²) in [4.78, 5) is 14.4. The Morgan fingerprint density at radius 2 is 2.31 bits per heavy atom. The molecule has 1 aromatic heterocycles. The van der Waals surface area contributed by atoms with Gasteiger partial charge in [0, 0.05) is 18.5 Å². The second kappa shape index (κ2) is 5.25. The fourth-order valence-corrected chi connectivity index (χ4v) is 2.22. The average Bonchev–Trinajstić information content (AvgIpc) is 2.97. The molecule has 1 unspecified atom stereocenters. The van der Waals surface area contributed by atoms with Crippen molar-refractivity contribution in [3.05, 3.63) is 18.0 Å². The SMILES string of the molecule is CCC(CN1CCCC1)C(=O)c1ccon1. The molecule has 0 spiro atoms. The number of carbonyl (C=O) groups excluding carboxylic acids is 1. The van der Waals surface area contributed by atoms with E-state index in [0.717, 1.165) is 26.1 Å². The molecule has 0 N–H and O–H groups in total. The largest absolute Gasteiger partial charge is 0.364 e. The van der Waals surface area contributed by atoms with Gasteiger partial charge in [0.2, 0.25) is 0 Å². The third-order valence-corrected chi connectivity index (χ3v) is 3.23. The Balaban J connectivity index is 1.96. The average molecular weight is 222 g/mol. The van der Waals surface area contributed by atoms with Crippen LogP contribution in [0.15, 0.2) is 16.9 Å².